The molecule has 1 aromatic heterocycles. The van der Waals surface area contributed by atoms with Gasteiger partial charge in [-0.25, -0.2) is 4.98 Å². The van der Waals surface area contributed by atoms with Gasteiger partial charge in [-0.05, 0) is 23.6 Å². The van der Waals surface area contributed by atoms with Gasteiger partial charge in [-0.2, -0.15) is 0 Å². The number of benzene rings is 1. The average Bonchev–Trinajstić information content (AvgIpc) is 2.78. The minimum absolute atomic E-state index is 0.0260. The van der Waals surface area contributed by atoms with E-state index in [2.05, 4.69) is 4.98 Å². The smallest absolute Gasteiger partial charge is 0.287 e. The van der Waals surface area contributed by atoms with Gasteiger partial charge in [0.15, 0.2) is 5.78 Å². The maximum Gasteiger partial charge on any atom is 0.287 e. The number of halogens is 1. The normalized spacial score (nSPS) is 16.5. The monoisotopic (exact) mass is 318 g/mol. The van der Waals surface area contributed by atoms with Crippen LogP contribution in [0.15, 0.2) is 30.5 Å². The van der Waals surface area contributed by atoms with Gasteiger partial charge in [0.2, 0.25) is 5.88 Å². The van der Waals surface area contributed by atoms with Crippen molar-refractivity contribution in [3.63, 3.8) is 0 Å². The zero-order chi connectivity index (χ0) is 15.9. The molecule has 0 radical (unpaired) electrons. The Bertz CT molecular complexity index is 774. The Labute approximate surface area is 130 Å². The number of pyridine rings is 1. The number of nitrogens with zero attached hydrogens (tertiary/aromatic N) is 2. The molecule has 0 saturated heterocycles. The van der Waals surface area contributed by atoms with Crippen LogP contribution in [0.3, 0.4) is 0 Å². The first-order valence-corrected chi connectivity index (χ1v) is 6.99. The van der Waals surface area contributed by atoms with Crippen molar-refractivity contribution in [2.24, 2.45) is 0 Å². The molecule has 6 nitrogen and oxygen atoms in total. The summed E-state index contributed by atoms with van der Waals surface area (Å²) in [4.78, 5) is 26.1. The number of aromatic nitrogens is 1. The first-order valence-electron chi connectivity index (χ1n) is 6.61. The molecular weight excluding hydrogens is 308 g/mol. The molecule has 22 heavy (non-hydrogen) atoms. The highest BCUT2D eigenvalue weighted by Gasteiger charge is 2.32. The molecule has 1 heterocycles. The Morgan fingerprint density at radius 2 is 2.14 bits per heavy atom. The van der Waals surface area contributed by atoms with Gasteiger partial charge < -0.3 is 4.74 Å². The van der Waals surface area contributed by atoms with E-state index in [9.17, 15) is 14.9 Å². The van der Waals surface area contributed by atoms with E-state index in [4.69, 9.17) is 16.3 Å². The molecule has 7 heteroatoms. The number of nitro groups is 1. The Hall–Kier alpha value is -2.47. The van der Waals surface area contributed by atoms with Gasteiger partial charge in [-0.15, -0.1) is 0 Å². The molecule has 1 atom stereocenters. The quantitative estimate of drug-likeness (QED) is 0.627. The zero-order valence-electron chi connectivity index (χ0n) is 11.6. The van der Waals surface area contributed by atoms with Gasteiger partial charge in [0.25, 0.3) is 5.69 Å². The average molecular weight is 319 g/mol. The second kappa shape index (κ2) is 5.38. The molecule has 0 amide bonds. The van der Waals surface area contributed by atoms with E-state index in [-0.39, 0.29) is 23.3 Å². The van der Waals surface area contributed by atoms with Crippen LogP contribution in [0.25, 0.3) is 0 Å². The molecule has 1 aliphatic carbocycles. The lowest BCUT2D eigenvalue weighted by Gasteiger charge is -2.11. The van der Waals surface area contributed by atoms with Crippen molar-refractivity contribution in [1.29, 1.82) is 0 Å². The SMILES string of the molecule is C[C@H]1CC(=O)c2c(Oc3ccc([N+](=O)[O-])cn3)ccc(Cl)c21. The van der Waals surface area contributed by atoms with E-state index in [0.29, 0.717) is 22.8 Å². The topological polar surface area (TPSA) is 82.3 Å². The van der Waals surface area contributed by atoms with Gasteiger partial charge in [-0.3, -0.25) is 14.9 Å². The van der Waals surface area contributed by atoms with E-state index in [1.807, 2.05) is 6.92 Å². The number of hydrogen-bond acceptors (Lipinski definition) is 5. The van der Waals surface area contributed by atoms with E-state index in [0.717, 1.165) is 11.8 Å². The van der Waals surface area contributed by atoms with Crippen LogP contribution >= 0.6 is 11.6 Å². The van der Waals surface area contributed by atoms with Crippen molar-refractivity contribution < 1.29 is 14.5 Å². The first-order chi connectivity index (χ1) is 10.5. The molecule has 0 aliphatic heterocycles. The third kappa shape index (κ3) is 2.42. The molecule has 1 aromatic carbocycles. The fourth-order valence-corrected chi connectivity index (χ4v) is 2.91. The van der Waals surface area contributed by atoms with E-state index < -0.39 is 4.92 Å². The summed E-state index contributed by atoms with van der Waals surface area (Å²) in [7, 11) is 0. The van der Waals surface area contributed by atoms with Crippen LogP contribution in [0, 0.1) is 10.1 Å². The van der Waals surface area contributed by atoms with Crippen molar-refractivity contribution in [3.8, 4) is 11.6 Å². The highest BCUT2D eigenvalue weighted by atomic mass is 35.5. The maximum atomic E-state index is 12.1. The summed E-state index contributed by atoms with van der Waals surface area (Å²) in [5.74, 6) is 0.572. The summed E-state index contributed by atoms with van der Waals surface area (Å²) in [5, 5.41) is 11.1. The fraction of sp³-hybridized carbons (Fsp3) is 0.200. The van der Waals surface area contributed by atoms with Crippen LogP contribution < -0.4 is 4.74 Å². The molecule has 0 unspecified atom stereocenters. The summed E-state index contributed by atoms with van der Waals surface area (Å²) in [5.41, 5.74) is 1.13. The fourth-order valence-electron chi connectivity index (χ4n) is 2.56. The van der Waals surface area contributed by atoms with Crippen LogP contribution in [-0.2, 0) is 0 Å². The number of ketones is 1. The van der Waals surface area contributed by atoms with Crippen molar-refractivity contribution in [3.05, 3.63) is 56.7 Å². The number of fused-ring (bicyclic) bond motifs is 1. The minimum Gasteiger partial charge on any atom is -0.438 e. The lowest BCUT2D eigenvalue weighted by molar-refractivity contribution is -0.385. The molecule has 0 saturated carbocycles. The largest absolute Gasteiger partial charge is 0.438 e. The van der Waals surface area contributed by atoms with Crippen LogP contribution in [-0.4, -0.2) is 15.7 Å². The van der Waals surface area contributed by atoms with Gasteiger partial charge in [0.05, 0.1) is 10.5 Å². The van der Waals surface area contributed by atoms with Crippen molar-refractivity contribution in [2.45, 2.75) is 19.3 Å². The number of carbonyl (C=O) groups excluding carboxylic acids is 1. The van der Waals surface area contributed by atoms with Gasteiger partial charge in [-0.1, -0.05) is 18.5 Å². The highest BCUT2D eigenvalue weighted by Crippen LogP contribution is 2.43. The molecule has 3 rings (SSSR count). The molecule has 0 fully saturated rings. The predicted octanol–water partition coefficient (Wildman–Crippen LogP) is 4.13. The number of ether oxygens (including phenoxy) is 1. The molecule has 0 bridgehead atoms. The van der Waals surface area contributed by atoms with Crippen molar-refractivity contribution in [1.82, 2.24) is 4.98 Å². The van der Waals surface area contributed by atoms with Gasteiger partial charge in [0.1, 0.15) is 11.9 Å². The first kappa shape index (κ1) is 14.5. The second-order valence-electron chi connectivity index (χ2n) is 5.08. The van der Waals surface area contributed by atoms with E-state index in [1.165, 1.54) is 12.1 Å². The number of Topliss-reactive ketones (excluding diaryl/α,β-unsaturated/α-hetero) is 1. The van der Waals surface area contributed by atoms with E-state index in [1.54, 1.807) is 12.1 Å². The second-order valence-corrected chi connectivity index (χ2v) is 5.48. The van der Waals surface area contributed by atoms with Crippen LogP contribution in [0.4, 0.5) is 5.69 Å². The Kier molecular flexibility index (Phi) is 3.54. The number of carbonyl (C=O) groups is 1. The zero-order valence-corrected chi connectivity index (χ0v) is 12.3. The third-order valence-corrected chi connectivity index (χ3v) is 3.89. The Morgan fingerprint density at radius 3 is 2.77 bits per heavy atom. The van der Waals surface area contributed by atoms with Gasteiger partial charge in [0, 0.05) is 23.6 Å². The van der Waals surface area contributed by atoms with Crippen LogP contribution in [0.1, 0.15) is 35.2 Å². The lowest BCUT2D eigenvalue weighted by atomic mass is 10.0. The number of rotatable bonds is 3. The summed E-state index contributed by atoms with van der Waals surface area (Å²) in [6.07, 6.45) is 1.50. The summed E-state index contributed by atoms with van der Waals surface area (Å²) < 4.78 is 5.62. The standard InChI is InChI=1S/C15H11ClN2O4/c1-8-6-11(19)15-12(4-3-10(16)14(8)15)22-13-5-2-9(7-17-13)18(20)21/h2-5,7-8H,6H2,1H3/t8-/m0/s1. The minimum atomic E-state index is -0.540. The molecule has 112 valence electrons. The summed E-state index contributed by atoms with van der Waals surface area (Å²) in [6, 6.07) is 5.97. The van der Waals surface area contributed by atoms with Crippen molar-refractivity contribution in [2.75, 3.05) is 0 Å². The predicted molar refractivity (Wildman–Crippen MR) is 79.8 cm³/mol. The number of hydrogen-bond donors (Lipinski definition) is 0. The molecule has 0 spiro atoms. The molecular formula is C15H11ClN2O4. The lowest BCUT2D eigenvalue weighted by Crippen LogP contribution is -1.98. The third-order valence-electron chi connectivity index (χ3n) is 3.56. The summed E-state index contributed by atoms with van der Waals surface area (Å²) >= 11 is 6.16. The van der Waals surface area contributed by atoms with Crippen LogP contribution in [0.2, 0.25) is 5.02 Å². The Morgan fingerprint density at radius 1 is 1.36 bits per heavy atom. The summed E-state index contributed by atoms with van der Waals surface area (Å²) in [6.45, 7) is 1.93. The molecule has 2 aromatic rings. The van der Waals surface area contributed by atoms with E-state index >= 15 is 0 Å². The highest BCUT2D eigenvalue weighted by molar-refractivity contribution is 6.32. The van der Waals surface area contributed by atoms with Gasteiger partial charge >= 0.3 is 0 Å². The molecule has 1 aliphatic rings. The van der Waals surface area contributed by atoms with Crippen molar-refractivity contribution >= 4 is 23.1 Å². The molecule has 0 N–H and O–H groups in total. The maximum absolute atomic E-state index is 12.1. The van der Waals surface area contributed by atoms with Crippen LogP contribution in [0.5, 0.6) is 11.6 Å². The Balaban J connectivity index is 1.97.